The maximum absolute atomic E-state index is 6.44. The molecule has 0 saturated carbocycles. The minimum atomic E-state index is -0.417. The Morgan fingerprint density at radius 3 is 1.88 bits per heavy atom. The molecule has 1 spiro atoms. The van der Waals surface area contributed by atoms with Crippen molar-refractivity contribution in [3.8, 4) is 39.2 Å². The molecule has 9 aromatic carbocycles. The number of fused-ring (bicyclic) bond motifs is 20. The topological polar surface area (TPSA) is 31.0 Å². The van der Waals surface area contributed by atoms with Crippen molar-refractivity contribution < 1.29 is 4.42 Å². The average molecular weight is 749 g/mol. The second kappa shape index (κ2) is 11.2. The van der Waals surface area contributed by atoms with E-state index in [0.29, 0.717) is 0 Å². The lowest BCUT2D eigenvalue weighted by Crippen LogP contribution is -2.25. The third-order valence-corrected chi connectivity index (χ3v) is 13.4. The van der Waals surface area contributed by atoms with Gasteiger partial charge in [-0.05, 0) is 80.9 Å². The Morgan fingerprint density at radius 2 is 1.07 bits per heavy atom. The number of pyridine rings is 1. The zero-order valence-corrected chi connectivity index (χ0v) is 31.8. The molecule has 3 aromatic heterocycles. The summed E-state index contributed by atoms with van der Waals surface area (Å²) in [6.07, 6.45) is 0. The van der Waals surface area contributed by atoms with Crippen molar-refractivity contribution in [3.63, 3.8) is 0 Å². The summed E-state index contributed by atoms with van der Waals surface area (Å²) < 4.78 is 8.83. The van der Waals surface area contributed by atoms with Crippen molar-refractivity contribution in [2.75, 3.05) is 0 Å². The highest BCUT2D eigenvalue weighted by Gasteiger charge is 2.52. The van der Waals surface area contributed by atoms with Gasteiger partial charge < -0.3 is 8.98 Å². The van der Waals surface area contributed by atoms with Crippen molar-refractivity contribution in [1.82, 2.24) is 9.55 Å². The van der Waals surface area contributed by atoms with Gasteiger partial charge in [0.1, 0.15) is 11.2 Å². The van der Waals surface area contributed by atoms with Crippen molar-refractivity contribution in [1.29, 1.82) is 0 Å². The molecule has 0 fully saturated rings. The van der Waals surface area contributed by atoms with Crippen LogP contribution in [0.25, 0.3) is 105 Å². The van der Waals surface area contributed by atoms with Gasteiger partial charge in [-0.1, -0.05) is 152 Å². The van der Waals surface area contributed by atoms with Crippen LogP contribution in [-0.2, 0) is 5.41 Å². The standard InChI is InChI=1S/C56H32N2O/c1-7-22-44-35(16-1)36-17-2-8-23-45(36)56(44)46-24-9-3-20-39(46)54-47(56)29-28-41-53(54)40-21-4-10-25-48(40)57-55(41)33-14-13-15-34(30-33)58-49-26-11-5-18-37(49)42-31-43-38-19-6-12-27-51(38)59-52(43)32-50(42)58/h1-32H. The van der Waals surface area contributed by atoms with Gasteiger partial charge in [0.2, 0.25) is 0 Å². The molecule has 14 rings (SSSR count). The van der Waals surface area contributed by atoms with E-state index >= 15 is 0 Å². The molecule has 0 radical (unpaired) electrons. The monoisotopic (exact) mass is 748 g/mol. The predicted octanol–water partition coefficient (Wildman–Crippen LogP) is 14.4. The lowest BCUT2D eigenvalue weighted by atomic mass is 9.70. The van der Waals surface area contributed by atoms with Gasteiger partial charge in [0.05, 0.1) is 27.7 Å². The van der Waals surface area contributed by atoms with Crippen molar-refractivity contribution in [2.45, 2.75) is 5.41 Å². The molecule has 3 nitrogen and oxygen atoms in total. The minimum Gasteiger partial charge on any atom is -0.456 e. The molecule has 3 heteroatoms. The lowest BCUT2D eigenvalue weighted by Gasteiger charge is -2.30. The van der Waals surface area contributed by atoms with Crippen LogP contribution >= 0.6 is 0 Å². The Balaban J connectivity index is 1.05. The Kier molecular flexibility index (Phi) is 5.96. The highest BCUT2D eigenvalue weighted by Crippen LogP contribution is 2.64. The summed E-state index contributed by atoms with van der Waals surface area (Å²) in [6.45, 7) is 0. The Bertz CT molecular complexity index is 3760. The smallest absolute Gasteiger partial charge is 0.137 e. The van der Waals surface area contributed by atoms with Gasteiger partial charge in [-0.15, -0.1) is 0 Å². The van der Waals surface area contributed by atoms with E-state index in [2.05, 4.69) is 193 Å². The van der Waals surface area contributed by atoms with Gasteiger partial charge in [-0.2, -0.15) is 0 Å². The summed E-state index contributed by atoms with van der Waals surface area (Å²) in [4.78, 5) is 5.50. The summed E-state index contributed by atoms with van der Waals surface area (Å²) in [6, 6.07) is 71.1. The van der Waals surface area contributed by atoms with Crippen LogP contribution in [-0.4, -0.2) is 9.55 Å². The van der Waals surface area contributed by atoms with Gasteiger partial charge in [0.25, 0.3) is 0 Å². The van der Waals surface area contributed by atoms with E-state index in [9.17, 15) is 0 Å². The quantitative estimate of drug-likeness (QED) is 0.165. The highest BCUT2D eigenvalue weighted by molar-refractivity contribution is 6.21. The third-order valence-electron chi connectivity index (χ3n) is 13.4. The fourth-order valence-corrected chi connectivity index (χ4v) is 11.1. The maximum atomic E-state index is 6.44. The number of para-hydroxylation sites is 3. The molecule has 2 aliphatic rings. The number of hydrogen-bond donors (Lipinski definition) is 0. The molecule has 0 saturated heterocycles. The Hall–Kier alpha value is -7.75. The minimum absolute atomic E-state index is 0.417. The zero-order chi connectivity index (χ0) is 38.4. The summed E-state index contributed by atoms with van der Waals surface area (Å²) in [5.41, 5.74) is 18.4. The molecule has 0 N–H and O–H groups in total. The summed E-state index contributed by atoms with van der Waals surface area (Å²) in [7, 11) is 0. The Labute approximate surface area is 339 Å². The van der Waals surface area contributed by atoms with Crippen LogP contribution in [0, 0.1) is 0 Å². The SMILES string of the molecule is c1cc(-c2nc3ccccc3c3c4c(ccc23)C2(c3ccccc3-c3ccccc32)c2ccccc2-4)cc(-n2c3ccccc3c3cc4c(cc32)oc2ccccc24)c1. The number of benzene rings is 9. The zero-order valence-electron chi connectivity index (χ0n) is 31.8. The maximum Gasteiger partial charge on any atom is 0.137 e. The molecule has 272 valence electrons. The van der Waals surface area contributed by atoms with Gasteiger partial charge in [0.15, 0.2) is 0 Å². The largest absolute Gasteiger partial charge is 0.456 e. The first-order valence-corrected chi connectivity index (χ1v) is 20.4. The van der Waals surface area contributed by atoms with Gasteiger partial charge in [-0.3, -0.25) is 0 Å². The molecule has 3 heterocycles. The van der Waals surface area contributed by atoms with E-state index in [0.717, 1.165) is 60.8 Å². The third kappa shape index (κ3) is 3.90. The van der Waals surface area contributed by atoms with E-state index in [4.69, 9.17) is 9.40 Å². The number of rotatable bonds is 2. The van der Waals surface area contributed by atoms with E-state index in [-0.39, 0.29) is 0 Å². The number of furan rings is 1. The van der Waals surface area contributed by atoms with E-state index in [1.54, 1.807) is 0 Å². The van der Waals surface area contributed by atoms with Crippen molar-refractivity contribution >= 4 is 65.4 Å². The summed E-state index contributed by atoms with van der Waals surface area (Å²) in [5, 5.41) is 8.27. The normalized spacial score (nSPS) is 13.6. The Morgan fingerprint density at radius 1 is 0.407 bits per heavy atom. The van der Waals surface area contributed by atoms with Crippen LogP contribution in [0.15, 0.2) is 199 Å². The molecule has 12 aromatic rings. The molecule has 0 aliphatic heterocycles. The van der Waals surface area contributed by atoms with Crippen LogP contribution in [0.2, 0.25) is 0 Å². The molecule has 2 aliphatic carbocycles. The molecule has 0 unspecified atom stereocenters. The van der Waals surface area contributed by atoms with Crippen molar-refractivity contribution in [3.05, 3.63) is 216 Å². The van der Waals surface area contributed by atoms with Gasteiger partial charge in [-0.25, -0.2) is 4.98 Å². The number of nitrogens with zero attached hydrogens (tertiary/aromatic N) is 2. The van der Waals surface area contributed by atoms with Crippen LogP contribution in [0.1, 0.15) is 22.3 Å². The molecule has 0 amide bonds. The van der Waals surface area contributed by atoms with Crippen LogP contribution < -0.4 is 0 Å². The fourth-order valence-electron chi connectivity index (χ4n) is 11.1. The van der Waals surface area contributed by atoms with E-state index in [1.165, 1.54) is 66.1 Å². The predicted molar refractivity (Wildman–Crippen MR) is 243 cm³/mol. The number of aromatic nitrogens is 2. The lowest BCUT2D eigenvalue weighted by molar-refractivity contribution is 0.669. The molecule has 0 bridgehead atoms. The van der Waals surface area contributed by atoms with Gasteiger partial charge in [0, 0.05) is 55.0 Å². The summed E-state index contributed by atoms with van der Waals surface area (Å²) in [5.74, 6) is 0. The number of hydrogen-bond acceptors (Lipinski definition) is 2. The molecule has 59 heavy (non-hydrogen) atoms. The molecular formula is C56H32N2O. The fraction of sp³-hybridized carbons (Fsp3) is 0.0179. The highest BCUT2D eigenvalue weighted by atomic mass is 16.3. The van der Waals surface area contributed by atoms with E-state index in [1.807, 2.05) is 6.07 Å². The van der Waals surface area contributed by atoms with E-state index < -0.39 is 5.41 Å². The first-order chi connectivity index (χ1) is 29.3. The van der Waals surface area contributed by atoms with Crippen molar-refractivity contribution in [2.24, 2.45) is 0 Å². The second-order valence-corrected chi connectivity index (χ2v) is 16.1. The first kappa shape index (κ1) is 31.3. The summed E-state index contributed by atoms with van der Waals surface area (Å²) >= 11 is 0. The average Bonchev–Trinajstić information content (AvgIpc) is 4.01. The van der Waals surface area contributed by atoms with Crippen LogP contribution in [0.3, 0.4) is 0 Å². The molecule has 0 atom stereocenters. The molecular weight excluding hydrogens is 717 g/mol. The first-order valence-electron chi connectivity index (χ1n) is 20.4. The van der Waals surface area contributed by atoms with Gasteiger partial charge >= 0.3 is 0 Å². The van der Waals surface area contributed by atoms with Crippen LogP contribution in [0.4, 0.5) is 0 Å². The van der Waals surface area contributed by atoms with Crippen LogP contribution in [0.5, 0.6) is 0 Å². The second-order valence-electron chi connectivity index (χ2n) is 16.1.